The molecule has 0 aliphatic heterocycles. The van der Waals surface area contributed by atoms with Crippen LogP contribution in [0.5, 0.6) is 0 Å². The lowest BCUT2D eigenvalue weighted by Gasteiger charge is -2.20. The van der Waals surface area contributed by atoms with Gasteiger partial charge in [-0.3, -0.25) is 20.4 Å². The fourth-order valence-electron chi connectivity index (χ4n) is 3.38. The summed E-state index contributed by atoms with van der Waals surface area (Å²) in [5.74, 6) is -0.671. The summed E-state index contributed by atoms with van der Waals surface area (Å²) in [5.41, 5.74) is 4.79. The minimum Gasteiger partial charge on any atom is -0.273 e. The number of fused-ring (bicyclic) bond motifs is 1. The molecule has 0 unspecified atom stereocenters. The van der Waals surface area contributed by atoms with Crippen molar-refractivity contribution in [2.75, 3.05) is 6.54 Å². The lowest BCUT2D eigenvalue weighted by Crippen LogP contribution is -2.45. The molecule has 2 aromatic carbocycles. The minimum absolute atomic E-state index is 0.0551. The van der Waals surface area contributed by atoms with E-state index in [0.717, 1.165) is 42.9 Å². The molecule has 0 aromatic heterocycles. The SMILES string of the molecule is O=C(CCNS(=O)(=O)c1ccc2ccccc2c1)NNC(=O)C1CCCCC1. The van der Waals surface area contributed by atoms with Gasteiger partial charge >= 0.3 is 0 Å². The van der Waals surface area contributed by atoms with Gasteiger partial charge in [-0.1, -0.05) is 49.6 Å². The van der Waals surface area contributed by atoms with Gasteiger partial charge in [-0.05, 0) is 35.7 Å². The second kappa shape index (κ2) is 9.16. The van der Waals surface area contributed by atoms with Gasteiger partial charge in [-0.2, -0.15) is 0 Å². The quantitative estimate of drug-likeness (QED) is 0.643. The third-order valence-electron chi connectivity index (χ3n) is 4.98. The van der Waals surface area contributed by atoms with Gasteiger partial charge in [0, 0.05) is 18.9 Å². The zero-order chi connectivity index (χ0) is 20.0. The molecule has 7 nitrogen and oxygen atoms in total. The highest BCUT2D eigenvalue weighted by atomic mass is 32.2. The molecular formula is C20H25N3O4S. The first kappa shape index (κ1) is 20.3. The van der Waals surface area contributed by atoms with Gasteiger partial charge in [0.05, 0.1) is 4.90 Å². The van der Waals surface area contributed by atoms with Crippen LogP contribution in [0, 0.1) is 5.92 Å². The first-order chi connectivity index (χ1) is 13.5. The first-order valence-electron chi connectivity index (χ1n) is 9.53. The van der Waals surface area contributed by atoms with Crippen LogP contribution in [0.4, 0.5) is 0 Å². The molecule has 1 fully saturated rings. The molecule has 2 amide bonds. The van der Waals surface area contributed by atoms with Crippen LogP contribution in [-0.4, -0.2) is 26.8 Å². The summed E-state index contributed by atoms with van der Waals surface area (Å²) in [7, 11) is -3.71. The van der Waals surface area contributed by atoms with Crippen molar-refractivity contribution >= 4 is 32.6 Å². The van der Waals surface area contributed by atoms with Crippen molar-refractivity contribution in [3.8, 4) is 0 Å². The summed E-state index contributed by atoms with van der Waals surface area (Å²) in [6, 6.07) is 12.4. The molecule has 0 radical (unpaired) electrons. The van der Waals surface area contributed by atoms with Crippen LogP contribution in [0.15, 0.2) is 47.4 Å². The van der Waals surface area contributed by atoms with Gasteiger partial charge in [0.1, 0.15) is 0 Å². The molecule has 0 bridgehead atoms. The third kappa shape index (κ3) is 5.30. The fraction of sp³-hybridized carbons (Fsp3) is 0.400. The van der Waals surface area contributed by atoms with Gasteiger partial charge in [0.15, 0.2) is 0 Å². The maximum atomic E-state index is 12.4. The van der Waals surface area contributed by atoms with Crippen molar-refractivity contribution in [1.29, 1.82) is 0 Å². The van der Waals surface area contributed by atoms with Crippen LogP contribution in [-0.2, 0) is 19.6 Å². The molecule has 0 saturated heterocycles. The minimum atomic E-state index is -3.71. The average Bonchev–Trinajstić information content (AvgIpc) is 2.72. The summed E-state index contributed by atoms with van der Waals surface area (Å²) in [6.07, 6.45) is 4.82. The van der Waals surface area contributed by atoms with E-state index in [-0.39, 0.29) is 29.7 Å². The number of rotatable bonds is 6. The Bertz CT molecular complexity index is 953. The Kier molecular flexibility index (Phi) is 6.64. The molecule has 150 valence electrons. The first-order valence-corrected chi connectivity index (χ1v) is 11.0. The molecule has 1 aliphatic rings. The third-order valence-corrected chi connectivity index (χ3v) is 6.44. The van der Waals surface area contributed by atoms with E-state index in [9.17, 15) is 18.0 Å². The lowest BCUT2D eigenvalue weighted by atomic mass is 9.89. The number of carbonyl (C=O) groups excluding carboxylic acids is 2. The Labute approximate surface area is 164 Å². The van der Waals surface area contributed by atoms with Crippen molar-refractivity contribution in [3.63, 3.8) is 0 Å². The van der Waals surface area contributed by atoms with E-state index < -0.39 is 15.9 Å². The normalized spacial score (nSPS) is 15.3. The predicted octanol–water partition coefficient (Wildman–Crippen LogP) is 2.24. The molecule has 2 aromatic rings. The highest BCUT2D eigenvalue weighted by Gasteiger charge is 2.21. The van der Waals surface area contributed by atoms with E-state index in [1.54, 1.807) is 12.1 Å². The van der Waals surface area contributed by atoms with Gasteiger partial charge in [-0.15, -0.1) is 0 Å². The van der Waals surface area contributed by atoms with Crippen molar-refractivity contribution < 1.29 is 18.0 Å². The monoisotopic (exact) mass is 403 g/mol. The Morgan fingerprint density at radius 1 is 0.929 bits per heavy atom. The zero-order valence-corrected chi connectivity index (χ0v) is 16.4. The molecule has 0 atom stereocenters. The molecule has 1 aliphatic carbocycles. The number of amides is 2. The largest absolute Gasteiger partial charge is 0.273 e. The zero-order valence-electron chi connectivity index (χ0n) is 15.6. The van der Waals surface area contributed by atoms with Crippen LogP contribution >= 0.6 is 0 Å². The number of hydrazine groups is 1. The second-order valence-electron chi connectivity index (χ2n) is 7.03. The summed E-state index contributed by atoms with van der Waals surface area (Å²) < 4.78 is 27.3. The Hall–Kier alpha value is -2.45. The predicted molar refractivity (Wildman–Crippen MR) is 107 cm³/mol. The molecular weight excluding hydrogens is 378 g/mol. The van der Waals surface area contributed by atoms with E-state index >= 15 is 0 Å². The molecule has 8 heteroatoms. The van der Waals surface area contributed by atoms with Crippen LogP contribution in [0.3, 0.4) is 0 Å². The molecule has 1 saturated carbocycles. The Morgan fingerprint density at radius 2 is 1.64 bits per heavy atom. The number of benzene rings is 2. The number of hydrogen-bond donors (Lipinski definition) is 3. The number of hydrogen-bond acceptors (Lipinski definition) is 4. The molecule has 0 heterocycles. The number of nitrogens with one attached hydrogen (secondary N) is 3. The van der Waals surface area contributed by atoms with Crippen LogP contribution in [0.2, 0.25) is 0 Å². The topological polar surface area (TPSA) is 104 Å². The Balaban J connectivity index is 1.46. The van der Waals surface area contributed by atoms with E-state index in [4.69, 9.17) is 0 Å². The van der Waals surface area contributed by atoms with E-state index in [2.05, 4.69) is 15.6 Å². The average molecular weight is 404 g/mol. The van der Waals surface area contributed by atoms with Crippen LogP contribution in [0.1, 0.15) is 38.5 Å². The highest BCUT2D eigenvalue weighted by Crippen LogP contribution is 2.23. The van der Waals surface area contributed by atoms with Crippen LogP contribution in [0.25, 0.3) is 10.8 Å². The van der Waals surface area contributed by atoms with E-state index in [1.807, 2.05) is 24.3 Å². The second-order valence-corrected chi connectivity index (χ2v) is 8.80. The van der Waals surface area contributed by atoms with E-state index in [1.165, 1.54) is 6.07 Å². The molecule has 28 heavy (non-hydrogen) atoms. The maximum absolute atomic E-state index is 12.4. The van der Waals surface area contributed by atoms with Gasteiger partial charge in [0.2, 0.25) is 21.8 Å². The van der Waals surface area contributed by atoms with Crippen molar-refractivity contribution in [1.82, 2.24) is 15.6 Å². The standard InChI is InChI=1S/C20H25N3O4S/c24-19(22-23-20(25)16-7-2-1-3-8-16)12-13-21-28(26,27)18-11-10-15-6-4-5-9-17(15)14-18/h4-6,9-11,14,16,21H,1-3,7-8,12-13H2,(H,22,24)(H,23,25). The van der Waals surface area contributed by atoms with Gasteiger partial charge in [-0.25, -0.2) is 13.1 Å². The molecule has 3 rings (SSSR count). The summed E-state index contributed by atoms with van der Waals surface area (Å²) >= 11 is 0. The Morgan fingerprint density at radius 3 is 2.39 bits per heavy atom. The summed E-state index contributed by atoms with van der Waals surface area (Å²) in [5, 5.41) is 1.78. The lowest BCUT2D eigenvalue weighted by molar-refractivity contribution is -0.131. The van der Waals surface area contributed by atoms with Crippen LogP contribution < -0.4 is 15.6 Å². The fourth-order valence-corrected chi connectivity index (χ4v) is 4.44. The van der Waals surface area contributed by atoms with Gasteiger partial charge < -0.3 is 0 Å². The molecule has 3 N–H and O–H groups in total. The van der Waals surface area contributed by atoms with Gasteiger partial charge in [0.25, 0.3) is 0 Å². The summed E-state index contributed by atoms with van der Waals surface area (Å²) in [6.45, 7) is -0.0553. The summed E-state index contributed by atoms with van der Waals surface area (Å²) in [4.78, 5) is 24.0. The van der Waals surface area contributed by atoms with Crippen molar-refractivity contribution in [3.05, 3.63) is 42.5 Å². The number of sulfonamides is 1. The smallest absolute Gasteiger partial charge is 0.241 e. The molecule has 0 spiro atoms. The van der Waals surface area contributed by atoms with Crippen molar-refractivity contribution in [2.45, 2.75) is 43.4 Å². The maximum Gasteiger partial charge on any atom is 0.241 e. The highest BCUT2D eigenvalue weighted by molar-refractivity contribution is 7.89. The van der Waals surface area contributed by atoms with Crippen molar-refractivity contribution in [2.24, 2.45) is 5.92 Å². The van der Waals surface area contributed by atoms with E-state index in [0.29, 0.717) is 0 Å². The number of carbonyl (C=O) groups is 2.